The molecule has 8 atom stereocenters. The Hall–Kier alpha value is -0.516. The number of ether oxygens (including phenoxy) is 7. The second-order valence-electron chi connectivity index (χ2n) is 18.9. The highest BCUT2D eigenvalue weighted by atomic mass is 28.4. The molecule has 2 saturated heterocycles. The molecule has 0 aromatic carbocycles. The van der Waals surface area contributed by atoms with Gasteiger partial charge in [-0.3, -0.25) is 4.79 Å². The van der Waals surface area contributed by atoms with Gasteiger partial charge in [-0.05, 0) is 60.6 Å². The molecular formula is C38H68O10Si2. The summed E-state index contributed by atoms with van der Waals surface area (Å²) in [6, 6.07) is 0. The monoisotopic (exact) mass is 740 g/mol. The van der Waals surface area contributed by atoms with Gasteiger partial charge in [0.15, 0.2) is 28.2 Å². The van der Waals surface area contributed by atoms with Crippen LogP contribution in [0.2, 0.25) is 36.3 Å². The van der Waals surface area contributed by atoms with Crippen molar-refractivity contribution in [1.29, 1.82) is 0 Å². The van der Waals surface area contributed by atoms with Crippen molar-refractivity contribution in [3.63, 3.8) is 0 Å². The van der Waals surface area contributed by atoms with Gasteiger partial charge in [-0.2, -0.15) is 0 Å². The molecule has 5 aliphatic rings. The van der Waals surface area contributed by atoms with E-state index in [1.807, 2.05) is 6.08 Å². The summed E-state index contributed by atoms with van der Waals surface area (Å²) in [5.41, 5.74) is -1.25. The third-order valence-corrected chi connectivity index (χ3v) is 23.3. The SMILES string of the molecule is COCO[C@H]1[C@H](OCOC)[C@@]2(CO[Si](C)(C)C(C)(C)C)OC[C@]3(C(=O)C=C4[C@H](C)C5(CC[C@]4(C)[C@@H]13)OCCO5)[C@H]2CCO[Si](C)(C)C(C)(C)C. The summed E-state index contributed by atoms with van der Waals surface area (Å²) in [5, 5.41) is 0.0177. The minimum atomic E-state index is -2.27. The number of hydrogen-bond donors (Lipinski definition) is 0. The van der Waals surface area contributed by atoms with E-state index < -0.39 is 51.1 Å². The zero-order chi connectivity index (χ0) is 37.2. The normalized spacial score (nSPS) is 37.2. The van der Waals surface area contributed by atoms with E-state index in [4.69, 9.17) is 42.0 Å². The molecular weight excluding hydrogens is 673 g/mol. The quantitative estimate of drug-likeness (QED) is 0.144. The number of allylic oxidation sites excluding steroid dienone is 1. The Labute approximate surface area is 304 Å². The molecule has 2 spiro atoms. The highest BCUT2D eigenvalue weighted by Gasteiger charge is 2.79. The molecule has 288 valence electrons. The maximum Gasteiger partial charge on any atom is 0.192 e. The van der Waals surface area contributed by atoms with Crippen LogP contribution >= 0.6 is 0 Å². The zero-order valence-corrected chi connectivity index (χ0v) is 35.6. The van der Waals surface area contributed by atoms with Gasteiger partial charge in [-0.25, -0.2) is 0 Å². The third-order valence-electron chi connectivity index (χ3n) is 14.3. The van der Waals surface area contributed by atoms with E-state index in [9.17, 15) is 0 Å². The molecule has 2 saturated carbocycles. The molecule has 50 heavy (non-hydrogen) atoms. The summed E-state index contributed by atoms with van der Waals surface area (Å²) in [6.07, 6.45) is 2.92. The topological polar surface area (TPSA) is 100 Å². The third kappa shape index (κ3) is 6.41. The van der Waals surface area contributed by atoms with E-state index in [-0.39, 0.29) is 60.4 Å². The van der Waals surface area contributed by atoms with Gasteiger partial charge in [0.2, 0.25) is 0 Å². The van der Waals surface area contributed by atoms with Crippen LogP contribution in [0.3, 0.4) is 0 Å². The largest absolute Gasteiger partial charge is 0.417 e. The average Bonchev–Trinajstić information content (AvgIpc) is 3.59. The zero-order valence-electron chi connectivity index (χ0n) is 33.6. The molecule has 10 nitrogen and oxygen atoms in total. The maximum absolute atomic E-state index is 15.3. The number of ketones is 1. The lowest BCUT2D eigenvalue weighted by Gasteiger charge is -2.64. The molecule has 2 aliphatic heterocycles. The average molecular weight is 741 g/mol. The van der Waals surface area contributed by atoms with Gasteiger partial charge < -0.3 is 42.0 Å². The number of fused-ring (bicyclic) bond motifs is 3. The summed E-state index contributed by atoms with van der Waals surface area (Å²) >= 11 is 0. The lowest BCUT2D eigenvalue weighted by molar-refractivity contribution is -0.279. The Morgan fingerprint density at radius 1 is 0.860 bits per heavy atom. The first-order chi connectivity index (χ1) is 23.1. The summed E-state index contributed by atoms with van der Waals surface area (Å²) in [4.78, 5) is 15.3. The fraction of sp³-hybridized carbons (Fsp3) is 0.921. The lowest BCUT2D eigenvalue weighted by Crippen LogP contribution is -2.73. The number of hydrogen-bond acceptors (Lipinski definition) is 10. The number of rotatable bonds is 13. The van der Waals surface area contributed by atoms with Crippen molar-refractivity contribution < 1.29 is 46.8 Å². The van der Waals surface area contributed by atoms with E-state index in [0.29, 0.717) is 26.2 Å². The van der Waals surface area contributed by atoms with Gasteiger partial charge in [-0.15, -0.1) is 0 Å². The van der Waals surface area contributed by atoms with Gasteiger partial charge >= 0.3 is 0 Å². The van der Waals surface area contributed by atoms with Gasteiger partial charge in [0, 0.05) is 45.0 Å². The number of carbonyl (C=O) groups excluding carboxylic acids is 1. The molecule has 0 radical (unpaired) electrons. The lowest BCUT2D eigenvalue weighted by atomic mass is 9.41. The predicted molar refractivity (Wildman–Crippen MR) is 197 cm³/mol. The molecule has 4 fully saturated rings. The summed E-state index contributed by atoms with van der Waals surface area (Å²) in [7, 11) is -1.10. The minimum Gasteiger partial charge on any atom is -0.417 e. The van der Waals surface area contributed by atoms with Crippen molar-refractivity contribution in [1.82, 2.24) is 0 Å². The van der Waals surface area contributed by atoms with Crippen LogP contribution in [0.5, 0.6) is 0 Å². The fourth-order valence-corrected chi connectivity index (χ4v) is 11.5. The molecule has 0 unspecified atom stereocenters. The van der Waals surface area contributed by atoms with Crippen LogP contribution in [0, 0.1) is 28.6 Å². The summed E-state index contributed by atoms with van der Waals surface area (Å²) < 4.78 is 58.5. The summed E-state index contributed by atoms with van der Waals surface area (Å²) in [6.45, 7) is 29.3. The second-order valence-corrected chi connectivity index (χ2v) is 28.5. The standard InChI is InChI=1S/C38H68O10Si2/c1-26-27-21-29(39)36-22-46-37(23-48-50(13,14)34(5,6)7,28(36)15-18-47-49(11,12)33(2,3)4)32(43-25-41-10)30(42-24-40-9)31(36)35(27,8)16-17-38(26)44-19-20-45-38/h21,26,28,30-32H,15-20,22-25H2,1-14H3/t26-,28+,30+,31+,32-,35-,36+,37-/m0/s1. The Bertz CT molecular complexity index is 1270. The van der Waals surface area contributed by atoms with Crippen LogP contribution in [0.4, 0.5) is 0 Å². The first kappa shape index (κ1) is 40.7. The Morgan fingerprint density at radius 2 is 1.44 bits per heavy atom. The Kier molecular flexibility index (Phi) is 11.4. The second kappa shape index (κ2) is 14.0. The van der Waals surface area contributed by atoms with Gasteiger partial charge in [-0.1, -0.05) is 61.0 Å². The summed E-state index contributed by atoms with van der Waals surface area (Å²) in [5.74, 6) is -1.28. The smallest absolute Gasteiger partial charge is 0.192 e. The van der Waals surface area contributed by atoms with E-state index in [1.165, 1.54) is 0 Å². The van der Waals surface area contributed by atoms with Gasteiger partial charge in [0.1, 0.15) is 25.3 Å². The molecule has 0 amide bonds. The fourth-order valence-electron chi connectivity index (χ4n) is 9.43. The van der Waals surface area contributed by atoms with Gasteiger partial charge in [0.25, 0.3) is 0 Å². The van der Waals surface area contributed by atoms with Crippen molar-refractivity contribution in [3.8, 4) is 0 Å². The minimum absolute atomic E-state index is 0.0305. The van der Waals surface area contributed by atoms with Crippen molar-refractivity contribution in [2.75, 3.05) is 60.8 Å². The molecule has 2 bridgehead atoms. The van der Waals surface area contributed by atoms with Gasteiger partial charge in [0.05, 0.1) is 37.9 Å². The molecule has 2 heterocycles. The molecule has 0 aromatic rings. The number of carbonyl (C=O) groups is 1. The molecule has 0 N–H and O–H groups in total. The Balaban J connectivity index is 1.69. The van der Waals surface area contributed by atoms with Crippen molar-refractivity contribution in [3.05, 3.63) is 11.6 Å². The van der Waals surface area contributed by atoms with Crippen molar-refractivity contribution >= 4 is 22.4 Å². The maximum atomic E-state index is 15.3. The number of methoxy groups -OCH3 is 2. The highest BCUT2D eigenvalue weighted by Crippen LogP contribution is 2.71. The van der Waals surface area contributed by atoms with E-state index >= 15 is 4.79 Å². The van der Waals surface area contributed by atoms with Crippen molar-refractivity contribution in [2.24, 2.45) is 28.6 Å². The van der Waals surface area contributed by atoms with E-state index in [1.54, 1.807) is 14.2 Å². The van der Waals surface area contributed by atoms with E-state index in [0.717, 1.165) is 18.4 Å². The van der Waals surface area contributed by atoms with Crippen molar-refractivity contribution in [2.45, 2.75) is 135 Å². The predicted octanol–water partition coefficient (Wildman–Crippen LogP) is 7.09. The first-order valence-corrected chi connectivity index (χ1v) is 24.6. The molecule has 0 aromatic heterocycles. The molecule has 12 heteroatoms. The highest BCUT2D eigenvalue weighted by molar-refractivity contribution is 6.74. The van der Waals surface area contributed by atoms with E-state index in [2.05, 4.69) is 81.6 Å². The van der Waals surface area contributed by atoms with Crippen LogP contribution in [-0.2, 0) is 46.8 Å². The van der Waals surface area contributed by atoms with Crippen LogP contribution in [-0.4, -0.2) is 107 Å². The van der Waals surface area contributed by atoms with Crippen LogP contribution in [0.25, 0.3) is 0 Å². The molecule has 5 rings (SSSR count). The Morgan fingerprint density at radius 3 is 2.02 bits per heavy atom. The van der Waals surface area contributed by atoms with Crippen LogP contribution < -0.4 is 0 Å². The van der Waals surface area contributed by atoms with Crippen LogP contribution in [0.1, 0.15) is 74.7 Å². The van der Waals surface area contributed by atoms with Crippen LogP contribution in [0.15, 0.2) is 11.6 Å². The molecule has 3 aliphatic carbocycles. The first-order valence-electron chi connectivity index (χ1n) is 18.8.